The van der Waals surface area contributed by atoms with Gasteiger partial charge in [-0.2, -0.15) is 17.0 Å². The third kappa shape index (κ3) is 5.24. The van der Waals surface area contributed by atoms with Gasteiger partial charge in [-0.15, -0.1) is 0 Å². The zero-order valence-electron chi connectivity index (χ0n) is 10.8. The molecule has 1 aromatic rings. The molecule has 1 N–H and O–H groups in total. The second kappa shape index (κ2) is 7.78. The molecule has 0 bridgehead atoms. The lowest BCUT2D eigenvalue weighted by atomic mass is 10.2. The van der Waals surface area contributed by atoms with Crippen molar-refractivity contribution in [1.82, 2.24) is 0 Å². The highest BCUT2D eigenvalue weighted by molar-refractivity contribution is 7.99. The van der Waals surface area contributed by atoms with E-state index in [1.54, 1.807) is 36.0 Å². The van der Waals surface area contributed by atoms with Gasteiger partial charge in [-0.25, -0.2) is 0 Å². The normalized spacial score (nSPS) is 11.6. The summed E-state index contributed by atoms with van der Waals surface area (Å²) in [7, 11) is 0. The number of carbonyl (C=O) groups excluding carboxylic acids is 1. The van der Waals surface area contributed by atoms with Crippen LogP contribution in [-0.2, 0) is 4.79 Å². The summed E-state index contributed by atoms with van der Waals surface area (Å²) in [5.41, 5.74) is 1.34. The van der Waals surface area contributed by atoms with Crippen molar-refractivity contribution < 1.29 is 4.79 Å². The Balaban J connectivity index is 2.33. The van der Waals surface area contributed by atoms with Crippen molar-refractivity contribution in [2.24, 2.45) is 5.92 Å². The molecule has 0 spiro atoms. The molecule has 0 aliphatic rings. The monoisotopic (exact) mass is 262 g/mol. The zero-order valence-corrected chi connectivity index (χ0v) is 11.6. The molecule has 18 heavy (non-hydrogen) atoms. The average Bonchev–Trinajstić information content (AvgIpc) is 2.39. The highest BCUT2D eigenvalue weighted by Gasteiger charge is 2.04. The maximum absolute atomic E-state index is 11.6. The van der Waals surface area contributed by atoms with E-state index in [-0.39, 0.29) is 5.91 Å². The molecule has 3 nitrogen and oxygen atoms in total. The fourth-order valence-corrected chi connectivity index (χ4v) is 2.31. The van der Waals surface area contributed by atoms with E-state index in [0.29, 0.717) is 17.2 Å². The number of nitriles is 1. The third-order valence-corrected chi connectivity index (χ3v) is 3.90. The summed E-state index contributed by atoms with van der Waals surface area (Å²) < 4.78 is 0. The molecule has 1 unspecified atom stereocenters. The molecule has 0 fully saturated rings. The van der Waals surface area contributed by atoms with Crippen LogP contribution in [-0.4, -0.2) is 17.4 Å². The topological polar surface area (TPSA) is 52.9 Å². The smallest absolute Gasteiger partial charge is 0.234 e. The number of benzene rings is 1. The Hall–Kier alpha value is -1.47. The molecule has 1 atom stereocenters. The second-order valence-corrected chi connectivity index (χ2v) is 5.30. The third-order valence-electron chi connectivity index (χ3n) is 2.63. The van der Waals surface area contributed by atoms with Crippen molar-refractivity contribution in [3.8, 4) is 6.07 Å². The van der Waals surface area contributed by atoms with Crippen LogP contribution in [0.2, 0.25) is 0 Å². The van der Waals surface area contributed by atoms with Crippen molar-refractivity contribution in [2.45, 2.75) is 20.3 Å². The number of nitrogens with zero attached hydrogens (tertiary/aromatic N) is 1. The summed E-state index contributed by atoms with van der Waals surface area (Å²) in [6.45, 7) is 4.34. The zero-order chi connectivity index (χ0) is 13.4. The van der Waals surface area contributed by atoms with Crippen LogP contribution in [0.4, 0.5) is 5.69 Å². The lowest BCUT2D eigenvalue weighted by molar-refractivity contribution is -0.113. The van der Waals surface area contributed by atoms with Gasteiger partial charge in [-0.1, -0.05) is 20.3 Å². The largest absolute Gasteiger partial charge is 0.325 e. The van der Waals surface area contributed by atoms with E-state index in [2.05, 4.69) is 19.2 Å². The summed E-state index contributed by atoms with van der Waals surface area (Å²) in [5, 5.41) is 11.5. The minimum atomic E-state index is 0.00742. The van der Waals surface area contributed by atoms with Gasteiger partial charge in [0, 0.05) is 5.69 Å². The van der Waals surface area contributed by atoms with Gasteiger partial charge in [0.25, 0.3) is 0 Å². The number of rotatable bonds is 6. The maximum Gasteiger partial charge on any atom is 0.234 e. The van der Waals surface area contributed by atoms with E-state index < -0.39 is 0 Å². The van der Waals surface area contributed by atoms with Crippen LogP contribution in [0, 0.1) is 17.2 Å². The van der Waals surface area contributed by atoms with Crippen molar-refractivity contribution >= 4 is 23.4 Å². The number of nitrogens with one attached hydrogen (secondary N) is 1. The number of thioether (sulfide) groups is 1. The summed E-state index contributed by atoms with van der Waals surface area (Å²) >= 11 is 1.66. The lowest BCUT2D eigenvalue weighted by Gasteiger charge is -2.08. The minimum Gasteiger partial charge on any atom is -0.325 e. The first-order valence-electron chi connectivity index (χ1n) is 6.03. The Morgan fingerprint density at radius 1 is 1.44 bits per heavy atom. The quantitative estimate of drug-likeness (QED) is 0.856. The first kappa shape index (κ1) is 14.6. The van der Waals surface area contributed by atoms with Gasteiger partial charge in [0.1, 0.15) is 0 Å². The molecule has 1 amide bonds. The van der Waals surface area contributed by atoms with Crippen molar-refractivity contribution in [1.29, 1.82) is 5.26 Å². The van der Waals surface area contributed by atoms with Gasteiger partial charge in [0.05, 0.1) is 17.4 Å². The van der Waals surface area contributed by atoms with Crippen molar-refractivity contribution in [2.75, 3.05) is 16.8 Å². The molecule has 0 radical (unpaired) electrons. The Bertz CT molecular complexity index is 422. The summed E-state index contributed by atoms with van der Waals surface area (Å²) in [4.78, 5) is 11.6. The van der Waals surface area contributed by atoms with Crippen LogP contribution in [0.3, 0.4) is 0 Å². The number of anilines is 1. The molecular formula is C14H18N2OS. The van der Waals surface area contributed by atoms with Crippen LogP contribution >= 0.6 is 11.8 Å². The van der Waals surface area contributed by atoms with Crippen LogP contribution in [0.1, 0.15) is 25.8 Å². The Morgan fingerprint density at radius 3 is 2.67 bits per heavy atom. The maximum atomic E-state index is 11.6. The molecule has 1 rings (SSSR count). The molecule has 0 aromatic heterocycles. The fraction of sp³-hybridized carbons (Fsp3) is 0.429. The molecule has 96 valence electrons. The Labute approximate surface area is 113 Å². The highest BCUT2D eigenvalue weighted by Crippen LogP contribution is 2.13. The van der Waals surface area contributed by atoms with Gasteiger partial charge in [-0.3, -0.25) is 4.79 Å². The molecule has 0 saturated carbocycles. The van der Waals surface area contributed by atoms with E-state index in [1.807, 2.05) is 6.07 Å². The number of amides is 1. The van der Waals surface area contributed by atoms with E-state index >= 15 is 0 Å². The number of hydrogen-bond acceptors (Lipinski definition) is 3. The second-order valence-electron chi connectivity index (χ2n) is 4.27. The van der Waals surface area contributed by atoms with E-state index in [0.717, 1.165) is 17.9 Å². The molecule has 0 heterocycles. The molecule has 1 aromatic carbocycles. The Kier molecular flexibility index (Phi) is 6.31. The van der Waals surface area contributed by atoms with E-state index in [1.165, 1.54) is 0 Å². The fourth-order valence-electron chi connectivity index (χ4n) is 1.30. The van der Waals surface area contributed by atoms with Gasteiger partial charge < -0.3 is 5.32 Å². The lowest BCUT2D eigenvalue weighted by Crippen LogP contribution is -2.15. The summed E-state index contributed by atoms with van der Waals surface area (Å²) in [6.07, 6.45) is 1.14. The molecule has 0 aliphatic carbocycles. The summed E-state index contributed by atoms with van der Waals surface area (Å²) in [5.74, 6) is 2.15. The Morgan fingerprint density at radius 2 is 2.11 bits per heavy atom. The number of hydrogen-bond donors (Lipinski definition) is 1. The average molecular weight is 262 g/mol. The molecular weight excluding hydrogens is 244 g/mol. The van der Waals surface area contributed by atoms with E-state index in [4.69, 9.17) is 5.26 Å². The molecule has 4 heteroatoms. The van der Waals surface area contributed by atoms with Gasteiger partial charge in [0.2, 0.25) is 5.91 Å². The number of carbonyl (C=O) groups is 1. The van der Waals surface area contributed by atoms with Gasteiger partial charge >= 0.3 is 0 Å². The van der Waals surface area contributed by atoms with Crippen LogP contribution < -0.4 is 5.32 Å². The van der Waals surface area contributed by atoms with Crippen molar-refractivity contribution in [3.05, 3.63) is 29.8 Å². The van der Waals surface area contributed by atoms with Crippen LogP contribution in [0.15, 0.2) is 24.3 Å². The standard InChI is InChI=1S/C14H18N2OS/c1-3-11(2)9-18-10-14(17)16-13-6-4-12(8-15)5-7-13/h4-7,11H,3,9-10H2,1-2H3,(H,16,17). The van der Waals surface area contributed by atoms with E-state index in [9.17, 15) is 4.79 Å². The molecule has 0 saturated heterocycles. The first-order valence-corrected chi connectivity index (χ1v) is 7.19. The highest BCUT2D eigenvalue weighted by atomic mass is 32.2. The van der Waals surface area contributed by atoms with Crippen molar-refractivity contribution in [3.63, 3.8) is 0 Å². The van der Waals surface area contributed by atoms with Gasteiger partial charge in [0.15, 0.2) is 0 Å². The van der Waals surface area contributed by atoms with Crippen LogP contribution in [0.25, 0.3) is 0 Å². The SMILES string of the molecule is CCC(C)CSCC(=O)Nc1ccc(C#N)cc1. The first-order chi connectivity index (χ1) is 8.65. The van der Waals surface area contributed by atoms with Crippen LogP contribution in [0.5, 0.6) is 0 Å². The summed E-state index contributed by atoms with van der Waals surface area (Å²) in [6, 6.07) is 8.93. The van der Waals surface area contributed by atoms with Gasteiger partial charge in [-0.05, 0) is 35.9 Å². The predicted octanol–water partition coefficient (Wildman–Crippen LogP) is 3.28. The molecule has 0 aliphatic heterocycles. The predicted molar refractivity (Wildman–Crippen MR) is 76.6 cm³/mol. The minimum absolute atomic E-state index is 0.00742.